The summed E-state index contributed by atoms with van der Waals surface area (Å²) in [4.78, 5) is 13.2. The van der Waals surface area contributed by atoms with Gasteiger partial charge < -0.3 is 4.74 Å². The summed E-state index contributed by atoms with van der Waals surface area (Å²) in [5, 5.41) is 0. The van der Waals surface area contributed by atoms with E-state index < -0.39 is 17.8 Å². The molecule has 0 aromatic heterocycles. The van der Waals surface area contributed by atoms with E-state index in [0.717, 1.165) is 6.07 Å². The summed E-state index contributed by atoms with van der Waals surface area (Å²) in [7, 11) is 0. The SMILES string of the molecule is CC1OC(=O)N(c2ccc(-c3ccccc3)c(C(F)(F)F)c2)C1C. The predicted molar refractivity (Wildman–Crippen MR) is 84.8 cm³/mol. The van der Waals surface area contributed by atoms with Gasteiger partial charge in [-0.15, -0.1) is 0 Å². The van der Waals surface area contributed by atoms with Crippen LogP contribution in [0, 0.1) is 0 Å². The molecule has 1 saturated heterocycles. The highest BCUT2D eigenvalue weighted by atomic mass is 19.4. The van der Waals surface area contributed by atoms with Gasteiger partial charge in [-0.3, -0.25) is 4.90 Å². The number of nitrogens with zero attached hydrogens (tertiary/aromatic N) is 1. The molecule has 1 aliphatic rings. The van der Waals surface area contributed by atoms with Gasteiger partial charge in [0.15, 0.2) is 0 Å². The zero-order chi connectivity index (χ0) is 17.5. The minimum absolute atomic E-state index is 0.0834. The van der Waals surface area contributed by atoms with E-state index >= 15 is 0 Å². The number of hydrogen-bond acceptors (Lipinski definition) is 2. The molecule has 24 heavy (non-hydrogen) atoms. The van der Waals surface area contributed by atoms with Crippen LogP contribution in [0.3, 0.4) is 0 Å². The van der Waals surface area contributed by atoms with Crippen LogP contribution in [0.15, 0.2) is 48.5 Å². The second kappa shape index (κ2) is 5.85. The lowest BCUT2D eigenvalue weighted by Gasteiger charge is -2.22. The Morgan fingerprint density at radius 1 is 1.04 bits per heavy atom. The molecule has 1 heterocycles. The number of alkyl halides is 3. The lowest BCUT2D eigenvalue weighted by molar-refractivity contribution is -0.137. The van der Waals surface area contributed by atoms with Gasteiger partial charge in [-0.1, -0.05) is 36.4 Å². The molecule has 2 unspecified atom stereocenters. The molecule has 0 aliphatic carbocycles. The zero-order valence-electron chi connectivity index (χ0n) is 13.2. The molecule has 0 N–H and O–H groups in total. The van der Waals surface area contributed by atoms with Gasteiger partial charge in [-0.2, -0.15) is 13.2 Å². The Labute approximate surface area is 137 Å². The van der Waals surface area contributed by atoms with Crippen molar-refractivity contribution in [1.29, 1.82) is 0 Å². The Morgan fingerprint density at radius 2 is 1.71 bits per heavy atom. The van der Waals surface area contributed by atoms with Gasteiger partial charge in [-0.25, -0.2) is 4.79 Å². The summed E-state index contributed by atoms with van der Waals surface area (Å²) in [6.45, 7) is 3.46. The minimum atomic E-state index is -4.53. The first-order valence-electron chi connectivity index (χ1n) is 7.55. The van der Waals surface area contributed by atoms with Gasteiger partial charge in [-0.05, 0) is 37.1 Å². The van der Waals surface area contributed by atoms with Crippen LogP contribution >= 0.6 is 0 Å². The van der Waals surface area contributed by atoms with Gasteiger partial charge >= 0.3 is 12.3 Å². The largest absolute Gasteiger partial charge is 0.444 e. The number of amides is 1. The summed E-state index contributed by atoms with van der Waals surface area (Å²) in [6.07, 6.45) is -5.53. The molecule has 0 bridgehead atoms. The van der Waals surface area contributed by atoms with Crippen LogP contribution in [0.2, 0.25) is 0 Å². The van der Waals surface area contributed by atoms with Gasteiger partial charge in [0.2, 0.25) is 0 Å². The highest BCUT2D eigenvalue weighted by molar-refractivity contribution is 5.91. The van der Waals surface area contributed by atoms with Crippen LogP contribution in [-0.2, 0) is 10.9 Å². The predicted octanol–water partition coefficient (Wildman–Crippen LogP) is 5.11. The second-order valence-electron chi connectivity index (χ2n) is 5.79. The third-order valence-electron chi connectivity index (χ3n) is 4.24. The highest BCUT2D eigenvalue weighted by Gasteiger charge is 2.39. The topological polar surface area (TPSA) is 29.5 Å². The molecule has 1 fully saturated rings. The molecule has 2 aromatic carbocycles. The fourth-order valence-corrected chi connectivity index (χ4v) is 2.82. The van der Waals surface area contributed by atoms with E-state index in [9.17, 15) is 18.0 Å². The molecule has 3 rings (SSSR count). The van der Waals surface area contributed by atoms with Crippen LogP contribution in [0.4, 0.5) is 23.7 Å². The van der Waals surface area contributed by atoms with Crippen molar-refractivity contribution in [1.82, 2.24) is 0 Å². The van der Waals surface area contributed by atoms with E-state index in [-0.39, 0.29) is 23.4 Å². The lowest BCUT2D eigenvalue weighted by Crippen LogP contribution is -2.33. The van der Waals surface area contributed by atoms with E-state index in [1.54, 1.807) is 44.2 Å². The molecular formula is C18H16F3NO2. The first-order chi connectivity index (χ1) is 11.3. The number of hydrogen-bond donors (Lipinski definition) is 0. The smallest absolute Gasteiger partial charge is 0.417 e. The van der Waals surface area contributed by atoms with Gasteiger partial charge in [0.1, 0.15) is 6.10 Å². The Balaban J connectivity index is 2.11. The zero-order valence-corrected chi connectivity index (χ0v) is 13.2. The van der Waals surface area contributed by atoms with Crippen molar-refractivity contribution in [2.24, 2.45) is 0 Å². The van der Waals surface area contributed by atoms with Crippen LogP contribution in [0.25, 0.3) is 11.1 Å². The van der Waals surface area contributed by atoms with Crippen molar-refractivity contribution < 1.29 is 22.7 Å². The van der Waals surface area contributed by atoms with Gasteiger partial charge in [0.05, 0.1) is 11.6 Å². The number of anilines is 1. The Kier molecular flexibility index (Phi) is 3.99. The summed E-state index contributed by atoms with van der Waals surface area (Å²) >= 11 is 0. The number of benzene rings is 2. The number of ether oxygens (including phenoxy) is 1. The number of carbonyl (C=O) groups is 1. The van der Waals surface area contributed by atoms with E-state index in [0.29, 0.717) is 5.56 Å². The monoisotopic (exact) mass is 335 g/mol. The molecule has 6 heteroatoms. The van der Waals surface area contributed by atoms with E-state index in [1.165, 1.54) is 17.0 Å². The standard InChI is InChI=1S/C18H16F3NO2/c1-11-12(2)24-17(23)22(11)14-8-9-15(13-6-4-3-5-7-13)16(10-14)18(19,20)21/h3-12H,1-2H3. The van der Waals surface area contributed by atoms with Crippen molar-refractivity contribution in [2.45, 2.75) is 32.2 Å². The van der Waals surface area contributed by atoms with Crippen molar-refractivity contribution in [3.8, 4) is 11.1 Å². The first kappa shape index (κ1) is 16.4. The lowest BCUT2D eigenvalue weighted by atomic mass is 9.98. The summed E-state index contributed by atoms with van der Waals surface area (Å²) in [6, 6.07) is 12.0. The molecule has 2 aromatic rings. The molecule has 1 aliphatic heterocycles. The van der Waals surface area contributed by atoms with E-state index in [2.05, 4.69) is 0 Å². The Morgan fingerprint density at radius 3 is 2.25 bits per heavy atom. The average molecular weight is 335 g/mol. The molecule has 1 amide bonds. The molecule has 0 radical (unpaired) electrons. The Hall–Kier alpha value is -2.50. The maximum Gasteiger partial charge on any atom is 0.417 e. The fourth-order valence-electron chi connectivity index (χ4n) is 2.82. The summed E-state index contributed by atoms with van der Waals surface area (Å²) < 4.78 is 45.7. The first-order valence-corrected chi connectivity index (χ1v) is 7.55. The fraction of sp³-hybridized carbons (Fsp3) is 0.278. The third kappa shape index (κ3) is 2.84. The average Bonchev–Trinajstić information content (AvgIpc) is 2.79. The maximum atomic E-state index is 13.5. The molecule has 0 saturated carbocycles. The third-order valence-corrected chi connectivity index (χ3v) is 4.24. The molecular weight excluding hydrogens is 319 g/mol. The number of rotatable bonds is 2. The van der Waals surface area contributed by atoms with Gasteiger partial charge in [0, 0.05) is 5.69 Å². The van der Waals surface area contributed by atoms with Crippen LogP contribution in [-0.4, -0.2) is 18.2 Å². The van der Waals surface area contributed by atoms with Crippen LogP contribution in [0.1, 0.15) is 19.4 Å². The Bertz CT molecular complexity index is 759. The second-order valence-corrected chi connectivity index (χ2v) is 5.79. The molecule has 2 atom stereocenters. The number of halogens is 3. The quantitative estimate of drug-likeness (QED) is 0.763. The highest BCUT2D eigenvalue weighted by Crippen LogP contribution is 2.40. The summed E-state index contributed by atoms with van der Waals surface area (Å²) in [5.41, 5.74) is -0.0310. The number of carbonyl (C=O) groups excluding carboxylic acids is 1. The molecule has 3 nitrogen and oxygen atoms in total. The van der Waals surface area contributed by atoms with Crippen LogP contribution in [0.5, 0.6) is 0 Å². The van der Waals surface area contributed by atoms with Crippen molar-refractivity contribution >= 4 is 11.8 Å². The molecule has 126 valence electrons. The van der Waals surface area contributed by atoms with Crippen molar-refractivity contribution in [3.63, 3.8) is 0 Å². The van der Waals surface area contributed by atoms with Crippen molar-refractivity contribution in [3.05, 3.63) is 54.1 Å². The number of cyclic esters (lactones) is 1. The normalized spacial score (nSPS) is 21.0. The maximum absolute atomic E-state index is 13.5. The molecule has 0 spiro atoms. The van der Waals surface area contributed by atoms with Crippen LogP contribution < -0.4 is 4.90 Å². The van der Waals surface area contributed by atoms with E-state index in [4.69, 9.17) is 4.74 Å². The van der Waals surface area contributed by atoms with Crippen molar-refractivity contribution in [2.75, 3.05) is 4.90 Å². The minimum Gasteiger partial charge on any atom is -0.444 e. The van der Waals surface area contributed by atoms with Gasteiger partial charge in [0.25, 0.3) is 0 Å². The summed E-state index contributed by atoms with van der Waals surface area (Å²) in [5.74, 6) is 0. The van der Waals surface area contributed by atoms with E-state index in [1.807, 2.05) is 0 Å².